The maximum Gasteiger partial charge on any atom is 0.0679 e. The summed E-state index contributed by atoms with van der Waals surface area (Å²) in [6, 6.07) is 0.410. The molecule has 1 rings (SSSR count). The molecule has 1 aliphatic rings. The van der Waals surface area contributed by atoms with E-state index in [-0.39, 0.29) is 0 Å². The van der Waals surface area contributed by atoms with E-state index in [1.807, 2.05) is 0 Å². The number of nitrogens with two attached hydrogens (primary N) is 1. The Labute approximate surface area is 106 Å². The van der Waals surface area contributed by atoms with Crippen molar-refractivity contribution in [3.05, 3.63) is 24.6 Å². The topological polar surface area (TPSA) is 41.3 Å². The number of hydrogen-bond donors (Lipinski definition) is 2. The van der Waals surface area contributed by atoms with Crippen LogP contribution in [0.5, 0.6) is 0 Å². The molecular weight excluding hydrogens is 210 g/mol. The molecule has 0 bridgehead atoms. The lowest BCUT2D eigenvalue weighted by molar-refractivity contribution is 0.322. The molecule has 1 aliphatic heterocycles. The molecule has 1 atom stereocenters. The van der Waals surface area contributed by atoms with Gasteiger partial charge in [0.05, 0.1) is 6.04 Å². The van der Waals surface area contributed by atoms with Crippen LogP contribution >= 0.6 is 0 Å². The molecular formula is C14H27N3. The van der Waals surface area contributed by atoms with Gasteiger partial charge < -0.3 is 16.0 Å². The summed E-state index contributed by atoms with van der Waals surface area (Å²) >= 11 is 0. The highest BCUT2D eigenvalue weighted by Gasteiger charge is 2.27. The third kappa shape index (κ3) is 4.08. The van der Waals surface area contributed by atoms with E-state index >= 15 is 0 Å². The Hall–Kier alpha value is -0.960. The molecule has 0 amide bonds. The Balaban J connectivity index is 2.53. The highest BCUT2D eigenvalue weighted by Crippen LogP contribution is 2.27. The van der Waals surface area contributed by atoms with Crippen molar-refractivity contribution in [3.8, 4) is 0 Å². The van der Waals surface area contributed by atoms with Crippen molar-refractivity contribution in [2.75, 3.05) is 19.6 Å². The molecule has 3 heteroatoms. The molecule has 1 heterocycles. The van der Waals surface area contributed by atoms with Crippen LogP contribution in [0.25, 0.3) is 0 Å². The van der Waals surface area contributed by atoms with E-state index < -0.39 is 0 Å². The van der Waals surface area contributed by atoms with Crippen LogP contribution in [0.1, 0.15) is 33.1 Å². The number of hydrogen-bond acceptors (Lipinski definition) is 3. The van der Waals surface area contributed by atoms with E-state index in [2.05, 4.69) is 37.2 Å². The van der Waals surface area contributed by atoms with Gasteiger partial charge in [-0.3, -0.25) is 0 Å². The van der Waals surface area contributed by atoms with Crippen molar-refractivity contribution >= 4 is 0 Å². The van der Waals surface area contributed by atoms with E-state index in [1.54, 1.807) is 0 Å². The van der Waals surface area contributed by atoms with Crippen molar-refractivity contribution in [2.24, 2.45) is 11.7 Å². The summed E-state index contributed by atoms with van der Waals surface area (Å²) in [6.45, 7) is 15.4. The maximum atomic E-state index is 5.50. The maximum absolute atomic E-state index is 5.50. The molecule has 1 saturated heterocycles. The first-order valence-electron chi connectivity index (χ1n) is 6.63. The molecule has 0 aromatic heterocycles. The van der Waals surface area contributed by atoms with E-state index in [4.69, 9.17) is 5.73 Å². The molecule has 3 N–H and O–H groups in total. The van der Waals surface area contributed by atoms with Gasteiger partial charge in [0.1, 0.15) is 0 Å². The van der Waals surface area contributed by atoms with E-state index in [0.717, 1.165) is 25.2 Å². The van der Waals surface area contributed by atoms with Crippen LogP contribution in [0.3, 0.4) is 0 Å². The molecule has 0 spiro atoms. The number of allylic oxidation sites excluding steroid dienone is 1. The minimum atomic E-state index is 0.410. The monoisotopic (exact) mass is 237 g/mol. The Kier molecular flexibility index (Phi) is 5.56. The highest BCUT2D eigenvalue weighted by atomic mass is 15.2. The first-order valence-corrected chi connectivity index (χ1v) is 6.63. The summed E-state index contributed by atoms with van der Waals surface area (Å²) in [5.41, 5.74) is 7.84. The Morgan fingerprint density at radius 1 is 1.47 bits per heavy atom. The molecule has 0 radical (unpaired) electrons. The average Bonchev–Trinajstić information content (AvgIpc) is 2.73. The quantitative estimate of drug-likeness (QED) is 0.712. The lowest BCUT2D eigenvalue weighted by Gasteiger charge is -2.31. The fourth-order valence-corrected chi connectivity index (χ4v) is 2.45. The Morgan fingerprint density at radius 3 is 2.76 bits per heavy atom. The van der Waals surface area contributed by atoms with Crippen molar-refractivity contribution in [2.45, 2.75) is 39.2 Å². The van der Waals surface area contributed by atoms with Gasteiger partial charge in [-0.25, -0.2) is 0 Å². The second-order valence-electron chi connectivity index (χ2n) is 5.26. The predicted molar refractivity (Wildman–Crippen MR) is 74.5 cm³/mol. The first-order chi connectivity index (χ1) is 8.06. The van der Waals surface area contributed by atoms with Crippen LogP contribution in [-0.4, -0.2) is 30.6 Å². The minimum absolute atomic E-state index is 0.410. The third-order valence-corrected chi connectivity index (χ3v) is 3.20. The van der Waals surface area contributed by atoms with Crippen LogP contribution in [-0.2, 0) is 0 Å². The first kappa shape index (κ1) is 14.1. The van der Waals surface area contributed by atoms with Crippen LogP contribution < -0.4 is 11.1 Å². The average molecular weight is 237 g/mol. The smallest absolute Gasteiger partial charge is 0.0679 e. The lowest BCUT2D eigenvalue weighted by Crippen LogP contribution is -2.36. The van der Waals surface area contributed by atoms with Gasteiger partial charge in [0.15, 0.2) is 0 Å². The van der Waals surface area contributed by atoms with E-state index in [1.165, 1.54) is 18.5 Å². The molecule has 17 heavy (non-hydrogen) atoms. The molecule has 1 unspecified atom stereocenters. The normalized spacial score (nSPS) is 19.8. The minimum Gasteiger partial charge on any atom is -0.386 e. The highest BCUT2D eigenvalue weighted by molar-refractivity contribution is 5.12. The largest absolute Gasteiger partial charge is 0.386 e. The van der Waals surface area contributed by atoms with Gasteiger partial charge in [0.25, 0.3) is 0 Å². The second-order valence-corrected chi connectivity index (χ2v) is 5.26. The van der Waals surface area contributed by atoms with Gasteiger partial charge in [0, 0.05) is 31.0 Å². The second kappa shape index (κ2) is 6.70. The summed E-state index contributed by atoms with van der Waals surface area (Å²) in [5.74, 6) is 0.661. The third-order valence-electron chi connectivity index (χ3n) is 3.20. The number of nitrogens with zero attached hydrogens (tertiary/aromatic N) is 1. The van der Waals surface area contributed by atoms with Crippen molar-refractivity contribution in [3.63, 3.8) is 0 Å². The van der Waals surface area contributed by atoms with Crippen molar-refractivity contribution in [1.29, 1.82) is 0 Å². The zero-order valence-electron chi connectivity index (χ0n) is 11.3. The van der Waals surface area contributed by atoms with Crippen molar-refractivity contribution in [1.82, 2.24) is 10.2 Å². The summed E-state index contributed by atoms with van der Waals surface area (Å²) in [4.78, 5) is 2.41. The molecule has 98 valence electrons. The molecule has 0 aromatic carbocycles. The molecule has 0 aliphatic carbocycles. The van der Waals surface area contributed by atoms with Crippen LogP contribution in [0.4, 0.5) is 0 Å². The number of rotatable bonds is 7. The number of likely N-dealkylation sites (tertiary alicyclic amines) is 1. The van der Waals surface area contributed by atoms with Gasteiger partial charge in [-0.15, -0.1) is 0 Å². The molecule has 3 nitrogen and oxygen atoms in total. The molecule has 0 aromatic rings. The van der Waals surface area contributed by atoms with Crippen LogP contribution in [0.15, 0.2) is 24.6 Å². The van der Waals surface area contributed by atoms with Gasteiger partial charge in [-0.1, -0.05) is 27.0 Å². The summed E-state index contributed by atoms with van der Waals surface area (Å²) in [6.07, 6.45) is 3.47. The lowest BCUT2D eigenvalue weighted by atomic mass is 10.1. The van der Waals surface area contributed by atoms with Gasteiger partial charge in [-0.2, -0.15) is 0 Å². The summed E-state index contributed by atoms with van der Waals surface area (Å²) < 4.78 is 0. The fourth-order valence-electron chi connectivity index (χ4n) is 2.45. The number of nitrogens with one attached hydrogen (secondary N) is 1. The standard InChI is InChI=1S/C14H27N3/c1-11(2)10-12(3)17-9-5-6-14(17)13(4)16-8-7-15/h11,14,16H,3-10,15H2,1-2H3. The predicted octanol–water partition coefficient (Wildman–Crippen LogP) is 2.07. The zero-order valence-corrected chi connectivity index (χ0v) is 11.3. The van der Waals surface area contributed by atoms with Crippen molar-refractivity contribution < 1.29 is 0 Å². The van der Waals surface area contributed by atoms with Gasteiger partial charge in [0.2, 0.25) is 0 Å². The fraction of sp³-hybridized carbons (Fsp3) is 0.714. The van der Waals surface area contributed by atoms with E-state index in [0.29, 0.717) is 18.5 Å². The van der Waals surface area contributed by atoms with Crippen LogP contribution in [0, 0.1) is 5.92 Å². The molecule has 0 saturated carbocycles. The zero-order chi connectivity index (χ0) is 12.8. The summed E-state index contributed by atoms with van der Waals surface area (Å²) in [5, 5.41) is 3.31. The van der Waals surface area contributed by atoms with E-state index in [9.17, 15) is 0 Å². The van der Waals surface area contributed by atoms with Crippen LogP contribution in [0.2, 0.25) is 0 Å². The van der Waals surface area contributed by atoms with Gasteiger partial charge >= 0.3 is 0 Å². The Bertz CT molecular complexity index is 271. The Morgan fingerprint density at radius 2 is 2.18 bits per heavy atom. The molecule has 1 fully saturated rings. The summed E-state index contributed by atoms with van der Waals surface area (Å²) in [7, 11) is 0. The SMILES string of the molecule is C=C(NCCN)C1CCCN1C(=C)CC(C)C. The van der Waals surface area contributed by atoms with Gasteiger partial charge in [-0.05, 0) is 25.2 Å².